The van der Waals surface area contributed by atoms with Crippen LogP contribution in [0.5, 0.6) is 17.2 Å². The highest BCUT2D eigenvalue weighted by molar-refractivity contribution is 5.42. The van der Waals surface area contributed by atoms with Crippen molar-refractivity contribution in [2.24, 2.45) is 0 Å². The second-order valence-corrected chi connectivity index (χ2v) is 6.17. The van der Waals surface area contributed by atoms with Gasteiger partial charge in [-0.05, 0) is 45.1 Å². The summed E-state index contributed by atoms with van der Waals surface area (Å²) in [6.07, 6.45) is 7.27. The van der Waals surface area contributed by atoms with E-state index in [9.17, 15) is 0 Å². The van der Waals surface area contributed by atoms with Crippen molar-refractivity contribution in [3.8, 4) is 17.2 Å². The molecule has 0 unspecified atom stereocenters. The maximum Gasteiger partial charge on any atom is 0.127 e. The topological polar surface area (TPSA) is 39.7 Å². The largest absolute Gasteiger partial charge is 0.496 e. The summed E-state index contributed by atoms with van der Waals surface area (Å²) in [7, 11) is 3.33. The van der Waals surface area contributed by atoms with Crippen molar-refractivity contribution in [2.45, 2.75) is 50.2 Å². The number of ether oxygens (including phenoxy) is 3. The highest BCUT2D eigenvalue weighted by Gasteiger charge is 2.39. The quantitative estimate of drug-likeness (QED) is 0.798. The minimum absolute atomic E-state index is 0.000728. The Labute approximate surface area is 126 Å². The molecular weight excluding hydrogens is 266 g/mol. The van der Waals surface area contributed by atoms with Gasteiger partial charge in [0, 0.05) is 24.2 Å². The van der Waals surface area contributed by atoms with Crippen LogP contribution in [0.15, 0.2) is 18.2 Å². The van der Waals surface area contributed by atoms with Crippen LogP contribution in [0.4, 0.5) is 0 Å². The summed E-state index contributed by atoms with van der Waals surface area (Å²) in [5.74, 6) is 2.39. The molecule has 0 bridgehead atoms. The lowest BCUT2D eigenvalue weighted by Crippen LogP contribution is -2.45. The van der Waals surface area contributed by atoms with Crippen molar-refractivity contribution in [1.29, 1.82) is 0 Å². The Kier molecular flexibility index (Phi) is 4.24. The maximum absolute atomic E-state index is 6.33. The molecule has 1 N–H and O–H groups in total. The summed E-state index contributed by atoms with van der Waals surface area (Å²) < 4.78 is 16.9. The molecule has 1 aromatic rings. The van der Waals surface area contributed by atoms with E-state index in [1.807, 2.05) is 18.2 Å². The average molecular weight is 291 g/mol. The first-order chi connectivity index (χ1) is 10.2. The lowest BCUT2D eigenvalue weighted by Gasteiger charge is -2.42. The number of rotatable bonds is 8. The van der Waals surface area contributed by atoms with E-state index in [2.05, 4.69) is 5.32 Å². The zero-order valence-electron chi connectivity index (χ0n) is 13.0. The molecule has 4 nitrogen and oxygen atoms in total. The van der Waals surface area contributed by atoms with E-state index in [4.69, 9.17) is 14.2 Å². The van der Waals surface area contributed by atoms with Crippen LogP contribution >= 0.6 is 0 Å². The van der Waals surface area contributed by atoms with Gasteiger partial charge in [-0.25, -0.2) is 0 Å². The van der Waals surface area contributed by atoms with Gasteiger partial charge in [-0.15, -0.1) is 0 Å². The number of methoxy groups -OCH3 is 2. The number of hydrogen-bond donors (Lipinski definition) is 1. The van der Waals surface area contributed by atoms with Gasteiger partial charge in [0.05, 0.1) is 14.2 Å². The van der Waals surface area contributed by atoms with Gasteiger partial charge in [0.1, 0.15) is 22.8 Å². The summed E-state index contributed by atoms with van der Waals surface area (Å²) >= 11 is 0. The molecule has 0 heterocycles. The highest BCUT2D eigenvalue weighted by atomic mass is 16.5. The van der Waals surface area contributed by atoms with E-state index in [1.165, 1.54) is 19.3 Å². The molecular formula is C17H25NO3. The number of hydrogen-bond acceptors (Lipinski definition) is 4. The summed E-state index contributed by atoms with van der Waals surface area (Å²) in [6, 6.07) is 6.52. The predicted molar refractivity (Wildman–Crippen MR) is 82.4 cm³/mol. The smallest absolute Gasteiger partial charge is 0.127 e. The summed E-state index contributed by atoms with van der Waals surface area (Å²) in [5.41, 5.74) is -0.000728. The van der Waals surface area contributed by atoms with E-state index in [0.29, 0.717) is 0 Å². The monoisotopic (exact) mass is 291 g/mol. The molecule has 2 saturated carbocycles. The van der Waals surface area contributed by atoms with Crippen LogP contribution in [0.1, 0.15) is 38.5 Å². The fourth-order valence-electron chi connectivity index (χ4n) is 2.86. The van der Waals surface area contributed by atoms with Crippen LogP contribution in [0.25, 0.3) is 0 Å². The van der Waals surface area contributed by atoms with Crippen molar-refractivity contribution in [3.05, 3.63) is 18.2 Å². The molecule has 4 heteroatoms. The molecule has 116 valence electrons. The summed E-state index contributed by atoms with van der Waals surface area (Å²) in [4.78, 5) is 0. The van der Waals surface area contributed by atoms with Crippen molar-refractivity contribution < 1.29 is 14.2 Å². The third kappa shape index (κ3) is 3.62. The first-order valence-electron chi connectivity index (χ1n) is 7.88. The van der Waals surface area contributed by atoms with Gasteiger partial charge in [0.15, 0.2) is 0 Å². The molecule has 0 aliphatic heterocycles. The molecule has 0 radical (unpaired) electrons. The van der Waals surface area contributed by atoms with Gasteiger partial charge in [-0.2, -0.15) is 0 Å². The van der Waals surface area contributed by atoms with Crippen LogP contribution < -0.4 is 19.5 Å². The van der Waals surface area contributed by atoms with Crippen LogP contribution in [-0.2, 0) is 0 Å². The predicted octanol–water partition coefficient (Wildman–Crippen LogP) is 3.15. The SMILES string of the molecule is COc1cc(OC)cc(OC2(CCNC3CC3)CCC2)c1. The third-order valence-electron chi connectivity index (χ3n) is 4.52. The van der Waals surface area contributed by atoms with Crippen molar-refractivity contribution in [3.63, 3.8) is 0 Å². The van der Waals surface area contributed by atoms with E-state index in [1.54, 1.807) is 14.2 Å². The van der Waals surface area contributed by atoms with Crippen LogP contribution in [0.2, 0.25) is 0 Å². The van der Waals surface area contributed by atoms with E-state index in [0.717, 1.165) is 49.1 Å². The second kappa shape index (κ2) is 6.14. The lowest BCUT2D eigenvalue weighted by molar-refractivity contribution is -0.0145. The Morgan fingerprint density at radius 1 is 1.05 bits per heavy atom. The average Bonchev–Trinajstić information content (AvgIpc) is 3.28. The zero-order chi connectivity index (χ0) is 14.7. The minimum Gasteiger partial charge on any atom is -0.496 e. The Hall–Kier alpha value is -1.42. The molecule has 1 aromatic carbocycles. The maximum atomic E-state index is 6.33. The van der Waals surface area contributed by atoms with Gasteiger partial charge in [-0.3, -0.25) is 0 Å². The van der Waals surface area contributed by atoms with Crippen molar-refractivity contribution >= 4 is 0 Å². The molecule has 0 atom stereocenters. The summed E-state index contributed by atoms with van der Waals surface area (Å²) in [6.45, 7) is 1.05. The molecule has 2 aliphatic carbocycles. The van der Waals surface area contributed by atoms with Crippen LogP contribution in [-0.4, -0.2) is 32.4 Å². The second-order valence-electron chi connectivity index (χ2n) is 6.17. The number of nitrogens with one attached hydrogen (secondary N) is 1. The summed E-state index contributed by atoms with van der Waals surface area (Å²) in [5, 5.41) is 3.58. The Bertz CT molecular complexity index is 459. The van der Waals surface area contributed by atoms with Gasteiger partial charge in [0.2, 0.25) is 0 Å². The fourth-order valence-corrected chi connectivity index (χ4v) is 2.86. The van der Waals surface area contributed by atoms with E-state index in [-0.39, 0.29) is 5.60 Å². The molecule has 2 fully saturated rings. The highest BCUT2D eigenvalue weighted by Crippen LogP contribution is 2.41. The molecule has 2 aliphatic rings. The fraction of sp³-hybridized carbons (Fsp3) is 0.647. The van der Waals surface area contributed by atoms with E-state index >= 15 is 0 Å². The first-order valence-corrected chi connectivity index (χ1v) is 7.88. The first kappa shape index (κ1) is 14.5. The minimum atomic E-state index is -0.000728. The lowest BCUT2D eigenvalue weighted by atomic mass is 9.77. The Balaban J connectivity index is 1.64. The molecule has 21 heavy (non-hydrogen) atoms. The van der Waals surface area contributed by atoms with Crippen LogP contribution in [0.3, 0.4) is 0 Å². The standard InChI is InChI=1S/C17H25NO3/c1-19-14-10-15(20-2)12-16(11-14)21-17(6-3-7-17)8-9-18-13-4-5-13/h10-13,18H,3-9H2,1-2H3. The Morgan fingerprint density at radius 3 is 2.14 bits per heavy atom. The molecule has 0 spiro atoms. The normalized spacial score (nSPS) is 19.7. The van der Waals surface area contributed by atoms with Gasteiger partial charge < -0.3 is 19.5 Å². The zero-order valence-corrected chi connectivity index (χ0v) is 13.0. The van der Waals surface area contributed by atoms with Crippen molar-refractivity contribution in [2.75, 3.05) is 20.8 Å². The molecule has 0 saturated heterocycles. The van der Waals surface area contributed by atoms with Gasteiger partial charge in [-0.1, -0.05) is 0 Å². The number of benzene rings is 1. The molecule has 0 amide bonds. The third-order valence-corrected chi connectivity index (χ3v) is 4.52. The van der Waals surface area contributed by atoms with Gasteiger partial charge in [0.25, 0.3) is 0 Å². The van der Waals surface area contributed by atoms with Gasteiger partial charge >= 0.3 is 0 Å². The molecule has 3 rings (SSSR count). The van der Waals surface area contributed by atoms with E-state index < -0.39 is 0 Å². The Morgan fingerprint density at radius 2 is 1.67 bits per heavy atom. The molecule has 0 aromatic heterocycles. The van der Waals surface area contributed by atoms with Crippen molar-refractivity contribution in [1.82, 2.24) is 5.32 Å². The van der Waals surface area contributed by atoms with Crippen LogP contribution in [0, 0.1) is 0 Å².